The number of rotatable bonds is 4. The van der Waals surface area contributed by atoms with Crippen molar-refractivity contribution in [2.24, 2.45) is 0 Å². The molecule has 1 rings (SSSR count). The van der Waals surface area contributed by atoms with Gasteiger partial charge < -0.3 is 5.32 Å². The number of nitrogens with one attached hydrogen (secondary N) is 1. The van der Waals surface area contributed by atoms with E-state index >= 15 is 0 Å². The van der Waals surface area contributed by atoms with Crippen LogP contribution in [0.25, 0.3) is 0 Å². The van der Waals surface area contributed by atoms with Crippen LogP contribution in [0.1, 0.15) is 32.4 Å². The molecule has 3 nitrogen and oxygen atoms in total. The number of aromatic nitrogens is 2. The molecule has 1 N–H and O–H groups in total. The van der Waals surface area contributed by atoms with Crippen molar-refractivity contribution in [3.8, 4) is 0 Å². The second-order valence-electron chi connectivity index (χ2n) is 3.82. The SMILES string of the molecule is CNC(C)Cc1cnn(C(C)C)c1. The summed E-state index contributed by atoms with van der Waals surface area (Å²) in [5.41, 5.74) is 1.30. The van der Waals surface area contributed by atoms with Gasteiger partial charge in [-0.15, -0.1) is 0 Å². The minimum atomic E-state index is 0.457. The summed E-state index contributed by atoms with van der Waals surface area (Å²) < 4.78 is 2.00. The Bertz CT molecular complexity index is 252. The standard InChI is InChI=1S/C10H19N3/c1-8(2)13-7-10(6-12-13)5-9(3)11-4/h6-9,11H,5H2,1-4H3. The van der Waals surface area contributed by atoms with Crippen molar-refractivity contribution in [2.75, 3.05) is 7.05 Å². The first kappa shape index (κ1) is 10.3. The Morgan fingerprint density at radius 2 is 2.15 bits per heavy atom. The molecule has 0 fully saturated rings. The monoisotopic (exact) mass is 181 g/mol. The molecule has 74 valence electrons. The predicted molar refractivity (Wildman–Crippen MR) is 54.8 cm³/mol. The number of hydrogen-bond acceptors (Lipinski definition) is 2. The lowest BCUT2D eigenvalue weighted by Crippen LogP contribution is -2.23. The average molecular weight is 181 g/mol. The molecule has 1 aromatic heterocycles. The van der Waals surface area contributed by atoms with Crippen LogP contribution < -0.4 is 5.32 Å². The van der Waals surface area contributed by atoms with Crippen LogP contribution in [0.4, 0.5) is 0 Å². The molecule has 0 radical (unpaired) electrons. The first-order valence-corrected chi connectivity index (χ1v) is 4.83. The lowest BCUT2D eigenvalue weighted by Gasteiger charge is -2.07. The highest BCUT2D eigenvalue weighted by Crippen LogP contribution is 2.07. The summed E-state index contributed by atoms with van der Waals surface area (Å²) in [5, 5.41) is 7.51. The Hall–Kier alpha value is -0.830. The summed E-state index contributed by atoms with van der Waals surface area (Å²) in [6, 6.07) is 0.975. The molecule has 1 heterocycles. The zero-order chi connectivity index (χ0) is 9.84. The molecule has 0 aliphatic carbocycles. The van der Waals surface area contributed by atoms with Gasteiger partial charge in [-0.1, -0.05) is 0 Å². The van der Waals surface area contributed by atoms with Gasteiger partial charge in [-0.25, -0.2) is 0 Å². The third-order valence-corrected chi connectivity index (χ3v) is 2.22. The van der Waals surface area contributed by atoms with Gasteiger partial charge in [0.15, 0.2) is 0 Å². The first-order valence-electron chi connectivity index (χ1n) is 4.83. The van der Waals surface area contributed by atoms with E-state index in [0.29, 0.717) is 12.1 Å². The average Bonchev–Trinajstić information content (AvgIpc) is 2.52. The first-order chi connectivity index (χ1) is 6.13. The van der Waals surface area contributed by atoms with Crippen LogP contribution in [-0.2, 0) is 6.42 Å². The minimum Gasteiger partial charge on any atom is -0.317 e. The van der Waals surface area contributed by atoms with Crippen molar-refractivity contribution in [3.63, 3.8) is 0 Å². The summed E-state index contributed by atoms with van der Waals surface area (Å²) in [4.78, 5) is 0. The largest absolute Gasteiger partial charge is 0.317 e. The molecule has 0 saturated carbocycles. The van der Waals surface area contributed by atoms with E-state index in [1.165, 1.54) is 5.56 Å². The molecule has 0 amide bonds. The van der Waals surface area contributed by atoms with Gasteiger partial charge in [0.25, 0.3) is 0 Å². The molecule has 13 heavy (non-hydrogen) atoms. The predicted octanol–water partition coefficient (Wildman–Crippen LogP) is 1.61. The smallest absolute Gasteiger partial charge is 0.0522 e. The number of nitrogens with zero attached hydrogens (tertiary/aromatic N) is 2. The van der Waals surface area contributed by atoms with Crippen molar-refractivity contribution >= 4 is 0 Å². The quantitative estimate of drug-likeness (QED) is 0.765. The van der Waals surface area contributed by atoms with Crippen molar-refractivity contribution in [2.45, 2.75) is 39.3 Å². The van der Waals surface area contributed by atoms with E-state index in [4.69, 9.17) is 0 Å². The van der Waals surface area contributed by atoms with Crippen LogP contribution in [0, 0.1) is 0 Å². The Labute approximate surface area is 80.1 Å². The van der Waals surface area contributed by atoms with E-state index in [-0.39, 0.29) is 0 Å². The summed E-state index contributed by atoms with van der Waals surface area (Å²) >= 11 is 0. The van der Waals surface area contributed by atoms with E-state index in [1.807, 2.05) is 17.9 Å². The molecular formula is C10H19N3. The zero-order valence-corrected chi connectivity index (χ0v) is 8.91. The lowest BCUT2D eigenvalue weighted by atomic mass is 10.1. The van der Waals surface area contributed by atoms with Crippen LogP contribution in [0.2, 0.25) is 0 Å². The van der Waals surface area contributed by atoms with E-state index in [9.17, 15) is 0 Å². The Morgan fingerprint density at radius 3 is 2.62 bits per heavy atom. The molecule has 1 aromatic rings. The van der Waals surface area contributed by atoms with E-state index in [1.54, 1.807) is 0 Å². The summed E-state index contributed by atoms with van der Waals surface area (Å²) in [5.74, 6) is 0. The van der Waals surface area contributed by atoms with Gasteiger partial charge in [-0.05, 0) is 39.8 Å². The second-order valence-corrected chi connectivity index (χ2v) is 3.82. The molecule has 0 aliphatic heterocycles. The second kappa shape index (κ2) is 4.42. The van der Waals surface area contributed by atoms with Crippen molar-refractivity contribution in [3.05, 3.63) is 18.0 Å². The van der Waals surface area contributed by atoms with Gasteiger partial charge in [0.2, 0.25) is 0 Å². The molecule has 0 aliphatic rings. The maximum atomic E-state index is 4.29. The molecule has 0 aromatic carbocycles. The van der Waals surface area contributed by atoms with Crippen molar-refractivity contribution < 1.29 is 0 Å². The van der Waals surface area contributed by atoms with Crippen LogP contribution in [0.15, 0.2) is 12.4 Å². The van der Waals surface area contributed by atoms with Crippen molar-refractivity contribution in [1.82, 2.24) is 15.1 Å². The van der Waals surface area contributed by atoms with Gasteiger partial charge in [0, 0.05) is 18.3 Å². The van der Waals surface area contributed by atoms with E-state index in [0.717, 1.165) is 6.42 Å². The van der Waals surface area contributed by atoms with Crippen LogP contribution >= 0.6 is 0 Å². The molecule has 0 bridgehead atoms. The Morgan fingerprint density at radius 1 is 1.46 bits per heavy atom. The van der Waals surface area contributed by atoms with E-state index in [2.05, 4.69) is 37.4 Å². The summed E-state index contributed by atoms with van der Waals surface area (Å²) in [7, 11) is 1.98. The zero-order valence-electron chi connectivity index (χ0n) is 8.91. The van der Waals surface area contributed by atoms with Gasteiger partial charge in [-0.3, -0.25) is 4.68 Å². The number of hydrogen-bond donors (Lipinski definition) is 1. The molecule has 1 atom stereocenters. The molecule has 1 unspecified atom stereocenters. The Kier molecular flexibility index (Phi) is 3.48. The van der Waals surface area contributed by atoms with Gasteiger partial charge >= 0.3 is 0 Å². The van der Waals surface area contributed by atoms with Crippen molar-refractivity contribution in [1.29, 1.82) is 0 Å². The maximum absolute atomic E-state index is 4.29. The minimum absolute atomic E-state index is 0.457. The number of likely N-dealkylation sites (N-methyl/N-ethyl adjacent to an activating group) is 1. The van der Waals surface area contributed by atoms with E-state index < -0.39 is 0 Å². The fourth-order valence-electron chi connectivity index (χ4n) is 1.22. The highest BCUT2D eigenvalue weighted by Gasteiger charge is 2.04. The fourth-order valence-corrected chi connectivity index (χ4v) is 1.22. The van der Waals surface area contributed by atoms with Crippen LogP contribution in [0.3, 0.4) is 0 Å². The maximum Gasteiger partial charge on any atom is 0.0522 e. The fraction of sp³-hybridized carbons (Fsp3) is 0.700. The third kappa shape index (κ3) is 2.84. The topological polar surface area (TPSA) is 29.9 Å². The van der Waals surface area contributed by atoms with Gasteiger partial charge in [-0.2, -0.15) is 5.10 Å². The third-order valence-electron chi connectivity index (χ3n) is 2.22. The van der Waals surface area contributed by atoms with Gasteiger partial charge in [0.1, 0.15) is 0 Å². The summed E-state index contributed by atoms with van der Waals surface area (Å²) in [6.07, 6.45) is 5.12. The normalized spacial score (nSPS) is 13.6. The molecule has 0 spiro atoms. The highest BCUT2D eigenvalue weighted by atomic mass is 15.3. The van der Waals surface area contributed by atoms with Gasteiger partial charge in [0.05, 0.1) is 6.20 Å². The van der Waals surface area contributed by atoms with Crippen LogP contribution in [-0.4, -0.2) is 22.9 Å². The molecule has 3 heteroatoms. The van der Waals surface area contributed by atoms with Crippen LogP contribution in [0.5, 0.6) is 0 Å². The summed E-state index contributed by atoms with van der Waals surface area (Å²) in [6.45, 7) is 6.45. The molecular weight excluding hydrogens is 162 g/mol. The molecule has 0 saturated heterocycles. The Balaban J connectivity index is 2.58. The highest BCUT2D eigenvalue weighted by molar-refractivity contribution is 5.06. The lowest BCUT2D eigenvalue weighted by molar-refractivity contribution is 0.531.